The molecule has 2 aromatic rings. The average Bonchev–Trinajstić information content (AvgIpc) is 2.71. The molecule has 19 heavy (non-hydrogen) atoms. The quantitative estimate of drug-likeness (QED) is 0.897. The highest BCUT2D eigenvalue weighted by Crippen LogP contribution is 2.33. The van der Waals surface area contributed by atoms with Gasteiger partial charge in [0.2, 0.25) is 0 Å². The van der Waals surface area contributed by atoms with Gasteiger partial charge in [0.05, 0.1) is 16.3 Å². The van der Waals surface area contributed by atoms with E-state index in [4.69, 9.17) is 4.74 Å². The third-order valence-corrected chi connectivity index (χ3v) is 4.83. The van der Waals surface area contributed by atoms with Crippen LogP contribution in [0.5, 0.6) is 5.75 Å². The molecular weight excluding hydrogens is 333 g/mol. The van der Waals surface area contributed by atoms with E-state index < -0.39 is 11.9 Å². The summed E-state index contributed by atoms with van der Waals surface area (Å²) >= 11 is 4.72. The smallest absolute Gasteiger partial charge is 0.167 e. The average molecular weight is 346 g/mol. The Hall–Kier alpha value is -0.720. The van der Waals surface area contributed by atoms with E-state index in [1.165, 1.54) is 17.4 Å². The maximum Gasteiger partial charge on any atom is 0.167 e. The van der Waals surface area contributed by atoms with Crippen molar-refractivity contribution in [2.75, 3.05) is 0 Å². The van der Waals surface area contributed by atoms with Crippen molar-refractivity contribution in [1.29, 1.82) is 0 Å². The highest BCUT2D eigenvalue weighted by atomic mass is 79.9. The lowest BCUT2D eigenvalue weighted by Gasteiger charge is -2.28. The van der Waals surface area contributed by atoms with Crippen LogP contribution in [0.1, 0.15) is 25.7 Å². The number of hydrogen-bond donors (Lipinski definition) is 1. The molecule has 3 rings (SSSR count). The molecule has 0 amide bonds. The van der Waals surface area contributed by atoms with Crippen LogP contribution in [0.2, 0.25) is 0 Å². The number of aliphatic hydroxyl groups is 1. The van der Waals surface area contributed by atoms with Crippen molar-refractivity contribution in [3.63, 3.8) is 0 Å². The van der Waals surface area contributed by atoms with Gasteiger partial charge >= 0.3 is 0 Å². The summed E-state index contributed by atoms with van der Waals surface area (Å²) in [6.45, 7) is 0. The minimum Gasteiger partial charge on any atom is -0.485 e. The summed E-state index contributed by atoms with van der Waals surface area (Å²) < 4.78 is 21.2. The van der Waals surface area contributed by atoms with E-state index in [0.29, 0.717) is 5.52 Å². The third kappa shape index (κ3) is 2.75. The highest BCUT2D eigenvalue weighted by Gasteiger charge is 2.25. The first-order valence-corrected chi connectivity index (χ1v) is 7.85. The Labute approximate surface area is 122 Å². The number of thiazole rings is 1. The monoisotopic (exact) mass is 345 g/mol. The van der Waals surface area contributed by atoms with Crippen LogP contribution in [-0.4, -0.2) is 22.3 Å². The lowest BCUT2D eigenvalue weighted by molar-refractivity contribution is 0.00509. The lowest BCUT2D eigenvalue weighted by Crippen LogP contribution is -2.34. The van der Waals surface area contributed by atoms with E-state index in [-0.39, 0.29) is 11.9 Å². The molecule has 2 atom stereocenters. The molecule has 3 nitrogen and oxygen atoms in total. The Morgan fingerprint density at radius 2 is 2.16 bits per heavy atom. The summed E-state index contributed by atoms with van der Waals surface area (Å²) in [7, 11) is 0. The number of rotatable bonds is 2. The molecule has 0 spiro atoms. The van der Waals surface area contributed by atoms with Crippen molar-refractivity contribution in [2.24, 2.45) is 0 Å². The maximum absolute atomic E-state index is 14.0. The van der Waals surface area contributed by atoms with Crippen molar-refractivity contribution in [2.45, 2.75) is 37.9 Å². The summed E-state index contributed by atoms with van der Waals surface area (Å²) in [5, 5.41) is 9.87. The van der Waals surface area contributed by atoms with Gasteiger partial charge in [0.25, 0.3) is 0 Å². The first-order chi connectivity index (χ1) is 9.13. The molecule has 1 aromatic carbocycles. The second-order valence-corrected chi connectivity index (χ2v) is 7.03. The first kappa shape index (κ1) is 13.3. The van der Waals surface area contributed by atoms with Crippen LogP contribution in [0.15, 0.2) is 16.0 Å². The van der Waals surface area contributed by atoms with Gasteiger partial charge in [-0.1, -0.05) is 6.42 Å². The van der Waals surface area contributed by atoms with E-state index in [1.54, 1.807) is 6.07 Å². The van der Waals surface area contributed by atoms with Gasteiger partial charge in [0, 0.05) is 12.1 Å². The topological polar surface area (TPSA) is 42.4 Å². The fourth-order valence-corrected chi connectivity index (χ4v) is 3.78. The summed E-state index contributed by atoms with van der Waals surface area (Å²) in [6, 6.07) is 3.04. The van der Waals surface area contributed by atoms with Gasteiger partial charge in [-0.15, -0.1) is 11.3 Å². The van der Waals surface area contributed by atoms with Crippen LogP contribution in [0.25, 0.3) is 10.2 Å². The number of aliphatic hydroxyl groups excluding tert-OH is 1. The Balaban J connectivity index is 1.89. The van der Waals surface area contributed by atoms with Gasteiger partial charge in [-0.05, 0) is 35.2 Å². The molecule has 1 aromatic heterocycles. The Kier molecular flexibility index (Phi) is 3.73. The third-order valence-electron chi connectivity index (χ3n) is 3.36. The molecule has 0 aliphatic heterocycles. The SMILES string of the molecule is O[C@H]1CCCC[C@H]1Oc1cc2sc(Br)nc2cc1F. The van der Waals surface area contributed by atoms with Crippen molar-refractivity contribution in [3.05, 3.63) is 21.9 Å². The van der Waals surface area contributed by atoms with Crippen LogP contribution < -0.4 is 4.74 Å². The molecule has 0 radical (unpaired) electrons. The number of fused-ring (bicyclic) bond motifs is 1. The molecule has 1 fully saturated rings. The molecule has 1 N–H and O–H groups in total. The van der Waals surface area contributed by atoms with Crippen molar-refractivity contribution in [1.82, 2.24) is 4.98 Å². The number of hydrogen-bond acceptors (Lipinski definition) is 4. The number of halogens is 2. The standard InChI is InChI=1S/C13H13BrFNO2S/c14-13-16-8-5-7(15)11(6-12(8)19-13)18-10-4-2-1-3-9(10)17/h5-6,9-10,17H,1-4H2/t9-,10+/m0/s1. The molecule has 0 bridgehead atoms. The lowest BCUT2D eigenvalue weighted by atomic mass is 9.95. The maximum atomic E-state index is 14.0. The number of ether oxygens (including phenoxy) is 1. The van der Waals surface area contributed by atoms with Crippen molar-refractivity contribution < 1.29 is 14.2 Å². The van der Waals surface area contributed by atoms with Crippen LogP contribution in [0.3, 0.4) is 0 Å². The second kappa shape index (κ2) is 5.34. The van der Waals surface area contributed by atoms with Crippen LogP contribution in [-0.2, 0) is 0 Å². The van der Waals surface area contributed by atoms with E-state index in [9.17, 15) is 9.50 Å². The zero-order valence-electron chi connectivity index (χ0n) is 10.1. The van der Waals surface area contributed by atoms with E-state index >= 15 is 0 Å². The summed E-state index contributed by atoms with van der Waals surface area (Å²) in [5.41, 5.74) is 0.617. The van der Waals surface area contributed by atoms with Crippen molar-refractivity contribution in [3.8, 4) is 5.75 Å². The zero-order valence-corrected chi connectivity index (χ0v) is 12.5. The molecule has 1 saturated carbocycles. The Bertz CT molecular complexity index is 604. The number of nitrogens with zero attached hydrogens (tertiary/aromatic N) is 1. The highest BCUT2D eigenvalue weighted by molar-refractivity contribution is 9.11. The Morgan fingerprint density at radius 3 is 2.95 bits per heavy atom. The molecule has 1 aliphatic rings. The van der Waals surface area contributed by atoms with Gasteiger partial charge in [-0.2, -0.15) is 0 Å². The second-order valence-electron chi connectivity index (χ2n) is 4.73. The van der Waals surface area contributed by atoms with E-state index in [2.05, 4.69) is 20.9 Å². The fourth-order valence-electron chi connectivity index (χ4n) is 2.37. The van der Waals surface area contributed by atoms with Crippen LogP contribution in [0, 0.1) is 5.82 Å². The molecule has 102 valence electrons. The molecule has 0 saturated heterocycles. The first-order valence-electron chi connectivity index (χ1n) is 6.24. The predicted molar refractivity (Wildman–Crippen MR) is 76.2 cm³/mol. The molecular formula is C13H13BrFNO2S. The zero-order chi connectivity index (χ0) is 13.4. The normalized spacial score (nSPS) is 23.7. The van der Waals surface area contributed by atoms with Gasteiger partial charge < -0.3 is 9.84 Å². The van der Waals surface area contributed by atoms with Crippen LogP contribution in [0.4, 0.5) is 4.39 Å². The molecule has 1 heterocycles. The van der Waals surface area contributed by atoms with Gasteiger partial charge in [-0.25, -0.2) is 9.37 Å². The fraction of sp³-hybridized carbons (Fsp3) is 0.462. The minimum atomic E-state index is -0.503. The van der Waals surface area contributed by atoms with E-state index in [0.717, 1.165) is 34.3 Å². The number of aromatic nitrogens is 1. The van der Waals surface area contributed by atoms with Gasteiger partial charge in [0.15, 0.2) is 15.5 Å². The Morgan fingerprint density at radius 1 is 1.37 bits per heavy atom. The summed E-state index contributed by atoms with van der Waals surface area (Å²) in [4.78, 5) is 4.17. The minimum absolute atomic E-state index is 0.203. The predicted octanol–water partition coefficient (Wildman–Crippen LogP) is 3.88. The molecule has 1 aliphatic carbocycles. The van der Waals surface area contributed by atoms with Crippen molar-refractivity contribution >= 4 is 37.5 Å². The van der Waals surface area contributed by atoms with Gasteiger partial charge in [-0.3, -0.25) is 0 Å². The van der Waals surface area contributed by atoms with E-state index in [1.807, 2.05) is 0 Å². The summed E-state index contributed by atoms with van der Waals surface area (Å²) in [5.74, 6) is -0.224. The molecule has 6 heteroatoms. The number of benzene rings is 1. The van der Waals surface area contributed by atoms with Crippen LogP contribution >= 0.6 is 27.3 Å². The largest absolute Gasteiger partial charge is 0.485 e. The molecule has 0 unspecified atom stereocenters. The summed E-state index contributed by atoms with van der Waals surface area (Å²) in [6.07, 6.45) is 2.70. The van der Waals surface area contributed by atoms with Gasteiger partial charge in [0.1, 0.15) is 6.10 Å².